The molecule has 44 heavy (non-hydrogen) atoms. The number of unbranched alkanes of at least 4 members (excludes halogenated alkanes) is 1. The number of carbonyl (C=O) groups is 2. The number of amides is 2. The van der Waals surface area contributed by atoms with Crippen LogP contribution in [0.3, 0.4) is 0 Å². The Morgan fingerprint density at radius 1 is 1.14 bits per heavy atom. The van der Waals surface area contributed by atoms with Gasteiger partial charge in [-0.05, 0) is 61.4 Å². The van der Waals surface area contributed by atoms with Crippen LogP contribution in [0.2, 0.25) is 0 Å². The number of piperidine rings is 1. The Kier molecular flexibility index (Phi) is 8.75. The molecule has 1 saturated carbocycles. The number of fused-ring (bicyclic) bond motifs is 3. The highest BCUT2D eigenvalue weighted by Gasteiger charge is 2.44. The molecule has 232 valence electrons. The Labute approximate surface area is 256 Å². The SMILES string of the molecule is CCCCc1cc(=O)oc2cc(OCC(=O)NC(Cc3c[nH]c4ccccc34)C(=O)N3CCC4(O)CCCCC4C3)ccc12. The van der Waals surface area contributed by atoms with Crippen LogP contribution >= 0.6 is 0 Å². The number of ether oxygens (including phenoxy) is 1. The normalized spacial score (nSPS) is 20.8. The predicted molar refractivity (Wildman–Crippen MR) is 169 cm³/mol. The molecule has 9 heteroatoms. The monoisotopic (exact) mass is 599 g/mol. The average molecular weight is 600 g/mol. The molecule has 1 aliphatic heterocycles. The third-order valence-corrected chi connectivity index (χ3v) is 9.44. The Hall–Kier alpha value is -4.11. The molecule has 6 rings (SSSR count). The van der Waals surface area contributed by atoms with Crippen molar-refractivity contribution in [1.29, 1.82) is 0 Å². The summed E-state index contributed by atoms with van der Waals surface area (Å²) in [7, 11) is 0. The van der Waals surface area contributed by atoms with E-state index in [1.807, 2.05) is 41.4 Å². The van der Waals surface area contributed by atoms with Crippen molar-refractivity contribution in [2.75, 3.05) is 19.7 Å². The van der Waals surface area contributed by atoms with Crippen LogP contribution in [-0.2, 0) is 22.4 Å². The number of likely N-dealkylation sites (tertiary alicyclic amines) is 1. The quantitative estimate of drug-likeness (QED) is 0.223. The third kappa shape index (κ3) is 6.38. The standard InChI is InChI=1S/C35H41N3O6/c1-2-3-8-23-18-33(40)44-31-19-26(12-13-28(23)31)43-22-32(39)37-30(17-24-20-36-29-11-5-4-10-27(24)29)34(41)38-16-15-35(42)14-7-6-9-25(35)21-38/h4-5,10-13,18-20,25,30,36,42H,2-3,6-9,14-17,21-22H2,1H3,(H,37,39). The van der Waals surface area contributed by atoms with Crippen LogP contribution in [0.25, 0.3) is 21.9 Å². The number of H-pyrrole nitrogens is 1. The van der Waals surface area contributed by atoms with Crippen LogP contribution < -0.4 is 15.7 Å². The second-order valence-corrected chi connectivity index (χ2v) is 12.4. The molecule has 0 spiro atoms. The summed E-state index contributed by atoms with van der Waals surface area (Å²) in [6.07, 6.45) is 9.29. The second-order valence-electron chi connectivity index (χ2n) is 12.4. The number of carbonyl (C=O) groups excluding carboxylic acids is 2. The molecule has 2 amide bonds. The van der Waals surface area contributed by atoms with E-state index in [2.05, 4.69) is 17.2 Å². The first-order valence-electron chi connectivity index (χ1n) is 15.9. The van der Waals surface area contributed by atoms with Gasteiger partial charge in [-0.3, -0.25) is 9.59 Å². The van der Waals surface area contributed by atoms with Gasteiger partial charge in [-0.1, -0.05) is 44.4 Å². The highest BCUT2D eigenvalue weighted by atomic mass is 16.5. The fourth-order valence-corrected chi connectivity index (χ4v) is 6.97. The number of hydrogen-bond acceptors (Lipinski definition) is 6. The Morgan fingerprint density at radius 3 is 2.86 bits per heavy atom. The summed E-state index contributed by atoms with van der Waals surface area (Å²) < 4.78 is 11.2. The minimum Gasteiger partial charge on any atom is -0.484 e. The number of aromatic nitrogens is 1. The van der Waals surface area contributed by atoms with E-state index in [0.717, 1.165) is 72.4 Å². The van der Waals surface area contributed by atoms with E-state index in [0.29, 0.717) is 37.3 Å². The van der Waals surface area contributed by atoms with Gasteiger partial charge >= 0.3 is 5.63 Å². The lowest BCUT2D eigenvalue weighted by Gasteiger charge is -2.48. The number of aromatic amines is 1. The molecule has 4 aromatic rings. The molecule has 3 N–H and O–H groups in total. The van der Waals surface area contributed by atoms with Crippen LogP contribution in [-0.4, -0.2) is 58.1 Å². The fraction of sp³-hybridized carbons (Fsp3) is 0.457. The van der Waals surface area contributed by atoms with Crippen molar-refractivity contribution in [2.24, 2.45) is 5.92 Å². The number of hydrogen-bond donors (Lipinski definition) is 3. The van der Waals surface area contributed by atoms with Gasteiger partial charge in [-0.2, -0.15) is 0 Å². The molecule has 3 atom stereocenters. The summed E-state index contributed by atoms with van der Waals surface area (Å²) in [5.41, 5.74) is 2.14. The van der Waals surface area contributed by atoms with Gasteiger partial charge in [0.25, 0.3) is 5.91 Å². The van der Waals surface area contributed by atoms with E-state index in [4.69, 9.17) is 9.15 Å². The van der Waals surface area contributed by atoms with Crippen molar-refractivity contribution >= 4 is 33.7 Å². The molecule has 3 unspecified atom stereocenters. The van der Waals surface area contributed by atoms with Crippen LogP contribution in [0.5, 0.6) is 5.75 Å². The molecule has 2 aromatic carbocycles. The first-order chi connectivity index (χ1) is 21.3. The number of nitrogens with zero attached hydrogens (tertiary/aromatic N) is 1. The number of para-hydroxylation sites is 1. The molecule has 1 aliphatic carbocycles. The summed E-state index contributed by atoms with van der Waals surface area (Å²) in [6.45, 7) is 2.76. The summed E-state index contributed by atoms with van der Waals surface area (Å²) in [5, 5.41) is 16.0. The van der Waals surface area contributed by atoms with E-state index in [1.54, 1.807) is 12.1 Å². The molecular weight excluding hydrogens is 558 g/mol. The summed E-state index contributed by atoms with van der Waals surface area (Å²) >= 11 is 0. The minimum atomic E-state index is -0.796. The zero-order valence-electron chi connectivity index (χ0n) is 25.3. The molecule has 9 nitrogen and oxygen atoms in total. The average Bonchev–Trinajstić information content (AvgIpc) is 3.44. The molecule has 3 heterocycles. The Balaban J connectivity index is 1.17. The Bertz CT molecular complexity index is 1710. The van der Waals surface area contributed by atoms with Crippen LogP contribution in [0, 0.1) is 5.92 Å². The van der Waals surface area contributed by atoms with E-state index >= 15 is 0 Å². The molecule has 0 bridgehead atoms. The smallest absolute Gasteiger partial charge is 0.336 e. The van der Waals surface area contributed by atoms with Crippen molar-refractivity contribution in [3.63, 3.8) is 0 Å². The van der Waals surface area contributed by atoms with Crippen molar-refractivity contribution in [3.05, 3.63) is 76.3 Å². The van der Waals surface area contributed by atoms with Gasteiger partial charge < -0.3 is 29.5 Å². The number of nitrogens with one attached hydrogen (secondary N) is 2. The van der Waals surface area contributed by atoms with Gasteiger partial charge in [0.2, 0.25) is 5.91 Å². The highest BCUT2D eigenvalue weighted by molar-refractivity contribution is 5.90. The van der Waals surface area contributed by atoms with E-state index in [1.165, 1.54) is 6.07 Å². The minimum absolute atomic E-state index is 0.0529. The van der Waals surface area contributed by atoms with Crippen molar-refractivity contribution in [1.82, 2.24) is 15.2 Å². The van der Waals surface area contributed by atoms with E-state index in [9.17, 15) is 19.5 Å². The first-order valence-corrected chi connectivity index (χ1v) is 15.9. The van der Waals surface area contributed by atoms with E-state index < -0.39 is 23.2 Å². The highest BCUT2D eigenvalue weighted by Crippen LogP contribution is 2.40. The van der Waals surface area contributed by atoms with Gasteiger partial charge in [0.1, 0.15) is 17.4 Å². The topological polar surface area (TPSA) is 125 Å². The molecule has 2 aliphatic rings. The van der Waals surface area contributed by atoms with Gasteiger partial charge in [-0.25, -0.2) is 4.79 Å². The molecule has 2 aromatic heterocycles. The largest absolute Gasteiger partial charge is 0.484 e. The number of rotatable bonds is 10. The van der Waals surface area contributed by atoms with Crippen LogP contribution in [0.15, 0.2) is 63.9 Å². The first kappa shape index (κ1) is 29.9. The maximum Gasteiger partial charge on any atom is 0.336 e. The van der Waals surface area contributed by atoms with Crippen molar-refractivity contribution in [2.45, 2.75) is 76.4 Å². The second kappa shape index (κ2) is 12.9. The predicted octanol–water partition coefficient (Wildman–Crippen LogP) is 4.88. The van der Waals surface area contributed by atoms with Gasteiger partial charge in [0, 0.05) is 60.0 Å². The molecular formula is C35H41N3O6. The maximum absolute atomic E-state index is 14.0. The summed E-state index contributed by atoms with van der Waals surface area (Å²) in [5.74, 6) is -0.122. The van der Waals surface area contributed by atoms with Crippen molar-refractivity contribution in [3.8, 4) is 5.75 Å². The zero-order valence-corrected chi connectivity index (χ0v) is 25.3. The van der Waals surface area contributed by atoms with Gasteiger partial charge in [-0.15, -0.1) is 0 Å². The number of benzene rings is 2. The van der Waals surface area contributed by atoms with Crippen LogP contribution in [0.4, 0.5) is 0 Å². The molecule has 2 fully saturated rings. The lowest BCUT2D eigenvalue weighted by molar-refractivity contribution is -0.147. The number of aliphatic hydroxyl groups is 1. The maximum atomic E-state index is 14.0. The molecule has 1 saturated heterocycles. The van der Waals surface area contributed by atoms with E-state index in [-0.39, 0.29) is 18.4 Å². The lowest BCUT2D eigenvalue weighted by Crippen LogP contribution is -2.58. The Morgan fingerprint density at radius 2 is 2.00 bits per heavy atom. The fourth-order valence-electron chi connectivity index (χ4n) is 6.97. The van der Waals surface area contributed by atoms with Crippen molar-refractivity contribution < 1.29 is 23.8 Å². The van der Waals surface area contributed by atoms with Crippen LogP contribution in [0.1, 0.15) is 63.0 Å². The van der Waals surface area contributed by atoms with Gasteiger partial charge in [0.15, 0.2) is 6.61 Å². The van der Waals surface area contributed by atoms with Gasteiger partial charge in [0.05, 0.1) is 5.60 Å². The lowest BCUT2D eigenvalue weighted by atomic mass is 9.71. The third-order valence-electron chi connectivity index (χ3n) is 9.44. The summed E-state index contributed by atoms with van der Waals surface area (Å²) in [4.78, 5) is 44.4. The molecule has 0 radical (unpaired) electrons. The summed E-state index contributed by atoms with van der Waals surface area (Å²) in [6, 6.07) is 13.9. The zero-order chi connectivity index (χ0) is 30.7. The number of aryl methyl sites for hydroxylation is 1.